The van der Waals surface area contributed by atoms with Crippen LogP contribution in [0.1, 0.15) is 23.5 Å². The third-order valence-electron chi connectivity index (χ3n) is 3.83. The summed E-state index contributed by atoms with van der Waals surface area (Å²) >= 11 is 0. The first-order valence-corrected chi connectivity index (χ1v) is 7.09. The Morgan fingerprint density at radius 1 is 0.909 bits per heavy atom. The minimum absolute atomic E-state index is 0.0238. The van der Waals surface area contributed by atoms with Gasteiger partial charge in [-0.3, -0.25) is 4.79 Å². The van der Waals surface area contributed by atoms with Crippen LogP contribution in [0.5, 0.6) is 0 Å². The van der Waals surface area contributed by atoms with E-state index in [1.54, 1.807) is 12.1 Å². The summed E-state index contributed by atoms with van der Waals surface area (Å²) in [7, 11) is 0. The summed E-state index contributed by atoms with van der Waals surface area (Å²) in [5.74, 6) is -1.48. The molecule has 3 rings (SSSR count). The van der Waals surface area contributed by atoms with Gasteiger partial charge in [0.25, 0.3) is 0 Å². The number of halogens is 1. The van der Waals surface area contributed by atoms with Gasteiger partial charge in [0.1, 0.15) is 5.82 Å². The maximum absolute atomic E-state index is 13.1. The van der Waals surface area contributed by atoms with E-state index in [1.807, 2.05) is 42.5 Å². The van der Waals surface area contributed by atoms with Gasteiger partial charge in [0.15, 0.2) is 0 Å². The van der Waals surface area contributed by atoms with Crippen molar-refractivity contribution in [1.82, 2.24) is 0 Å². The highest BCUT2D eigenvalue weighted by atomic mass is 19.1. The minimum Gasteiger partial charge on any atom is -0.481 e. The maximum atomic E-state index is 13.1. The van der Waals surface area contributed by atoms with Crippen LogP contribution >= 0.6 is 0 Å². The van der Waals surface area contributed by atoms with Crippen LogP contribution in [-0.2, 0) is 4.79 Å². The van der Waals surface area contributed by atoms with Crippen molar-refractivity contribution in [3.63, 3.8) is 0 Å². The Labute approximate surface area is 127 Å². The standard InChI is InChI=1S/C19H15FO2/c20-17-9-7-14(8-10-17)18(12-19(21)22)16-6-5-13-3-1-2-4-15(13)11-16/h1-11,18H,12H2,(H,21,22)/t18-/m1/s1. The topological polar surface area (TPSA) is 37.3 Å². The number of hydrogen-bond acceptors (Lipinski definition) is 1. The van der Waals surface area contributed by atoms with Crippen LogP contribution in [0.15, 0.2) is 66.7 Å². The molecule has 0 aliphatic carbocycles. The molecule has 3 heteroatoms. The molecule has 2 nitrogen and oxygen atoms in total. The van der Waals surface area contributed by atoms with Crippen molar-refractivity contribution < 1.29 is 14.3 Å². The fourth-order valence-electron chi connectivity index (χ4n) is 2.72. The summed E-state index contributed by atoms with van der Waals surface area (Å²) < 4.78 is 13.1. The number of carboxylic acid groups (broad SMARTS) is 1. The minimum atomic E-state index is -0.873. The van der Waals surface area contributed by atoms with E-state index < -0.39 is 5.97 Å². The summed E-state index contributed by atoms with van der Waals surface area (Å²) in [6, 6.07) is 19.9. The molecule has 0 aliphatic heterocycles. The van der Waals surface area contributed by atoms with Crippen LogP contribution in [0.25, 0.3) is 10.8 Å². The number of rotatable bonds is 4. The highest BCUT2D eigenvalue weighted by Gasteiger charge is 2.18. The van der Waals surface area contributed by atoms with Crippen molar-refractivity contribution in [3.05, 3.63) is 83.7 Å². The molecule has 0 saturated carbocycles. The van der Waals surface area contributed by atoms with Crippen LogP contribution in [-0.4, -0.2) is 11.1 Å². The van der Waals surface area contributed by atoms with E-state index in [-0.39, 0.29) is 18.2 Å². The second kappa shape index (κ2) is 5.98. The highest BCUT2D eigenvalue weighted by molar-refractivity contribution is 5.83. The molecule has 110 valence electrons. The number of fused-ring (bicyclic) bond motifs is 1. The lowest BCUT2D eigenvalue weighted by molar-refractivity contribution is -0.137. The second-order valence-corrected chi connectivity index (χ2v) is 5.31. The molecule has 3 aromatic rings. The molecule has 0 fully saturated rings. The summed E-state index contributed by atoms with van der Waals surface area (Å²) in [6.45, 7) is 0. The normalized spacial score (nSPS) is 12.2. The molecule has 0 aliphatic rings. The van der Waals surface area contributed by atoms with E-state index in [0.29, 0.717) is 0 Å². The molecular weight excluding hydrogens is 279 g/mol. The molecule has 0 aromatic heterocycles. The lowest BCUT2D eigenvalue weighted by Gasteiger charge is -2.17. The largest absolute Gasteiger partial charge is 0.481 e. The smallest absolute Gasteiger partial charge is 0.304 e. The van der Waals surface area contributed by atoms with Gasteiger partial charge in [0, 0.05) is 5.92 Å². The van der Waals surface area contributed by atoms with Gasteiger partial charge < -0.3 is 5.11 Å². The number of benzene rings is 3. The molecule has 3 aromatic carbocycles. The van der Waals surface area contributed by atoms with Crippen LogP contribution in [0.4, 0.5) is 4.39 Å². The van der Waals surface area contributed by atoms with E-state index in [4.69, 9.17) is 0 Å². The Morgan fingerprint density at radius 2 is 1.55 bits per heavy atom. The zero-order valence-corrected chi connectivity index (χ0v) is 11.9. The van der Waals surface area contributed by atoms with Gasteiger partial charge in [-0.1, -0.05) is 54.6 Å². The first kappa shape index (κ1) is 14.3. The zero-order chi connectivity index (χ0) is 15.5. The van der Waals surface area contributed by atoms with Crippen molar-refractivity contribution in [2.24, 2.45) is 0 Å². The molecular formula is C19H15FO2. The Hall–Kier alpha value is -2.68. The first-order valence-electron chi connectivity index (χ1n) is 7.09. The van der Waals surface area contributed by atoms with Crippen LogP contribution < -0.4 is 0 Å². The molecule has 0 radical (unpaired) electrons. The molecule has 22 heavy (non-hydrogen) atoms. The average molecular weight is 294 g/mol. The van der Waals surface area contributed by atoms with Crippen molar-refractivity contribution in [2.75, 3.05) is 0 Å². The summed E-state index contributed by atoms with van der Waals surface area (Å²) in [5, 5.41) is 11.4. The third-order valence-corrected chi connectivity index (χ3v) is 3.83. The van der Waals surface area contributed by atoms with Crippen molar-refractivity contribution >= 4 is 16.7 Å². The Balaban J connectivity index is 2.06. The molecule has 0 bridgehead atoms. The zero-order valence-electron chi connectivity index (χ0n) is 11.9. The average Bonchev–Trinajstić information content (AvgIpc) is 2.53. The van der Waals surface area contributed by atoms with Gasteiger partial charge in [0.05, 0.1) is 6.42 Å². The van der Waals surface area contributed by atoms with Crippen molar-refractivity contribution in [1.29, 1.82) is 0 Å². The predicted molar refractivity (Wildman–Crippen MR) is 84.4 cm³/mol. The van der Waals surface area contributed by atoms with Gasteiger partial charge in [-0.2, -0.15) is 0 Å². The van der Waals surface area contributed by atoms with E-state index in [9.17, 15) is 14.3 Å². The maximum Gasteiger partial charge on any atom is 0.304 e. The molecule has 1 N–H and O–H groups in total. The van der Waals surface area contributed by atoms with Crippen LogP contribution in [0, 0.1) is 5.82 Å². The summed E-state index contributed by atoms with van der Waals surface area (Å²) in [6.07, 6.45) is -0.0238. The third kappa shape index (κ3) is 2.98. The number of carbonyl (C=O) groups is 1. The SMILES string of the molecule is O=C(O)C[C@H](c1ccc(F)cc1)c1ccc2ccccc2c1. The molecule has 0 saturated heterocycles. The molecule has 1 atom stereocenters. The summed E-state index contributed by atoms with van der Waals surface area (Å²) in [4.78, 5) is 11.2. The molecule has 0 amide bonds. The lowest BCUT2D eigenvalue weighted by Crippen LogP contribution is -2.08. The Kier molecular flexibility index (Phi) is 3.88. The lowest BCUT2D eigenvalue weighted by atomic mass is 9.87. The van der Waals surface area contributed by atoms with Gasteiger partial charge >= 0.3 is 5.97 Å². The fourth-order valence-corrected chi connectivity index (χ4v) is 2.72. The van der Waals surface area contributed by atoms with Crippen LogP contribution in [0.2, 0.25) is 0 Å². The molecule has 0 heterocycles. The van der Waals surface area contributed by atoms with Crippen molar-refractivity contribution in [3.8, 4) is 0 Å². The first-order chi connectivity index (χ1) is 10.6. The Morgan fingerprint density at radius 3 is 2.23 bits per heavy atom. The number of carboxylic acids is 1. The summed E-state index contributed by atoms with van der Waals surface area (Å²) in [5.41, 5.74) is 1.73. The van der Waals surface area contributed by atoms with E-state index in [2.05, 4.69) is 0 Å². The van der Waals surface area contributed by atoms with Gasteiger partial charge in [-0.05, 0) is 34.0 Å². The van der Waals surface area contributed by atoms with Gasteiger partial charge in [0.2, 0.25) is 0 Å². The van der Waals surface area contributed by atoms with E-state index >= 15 is 0 Å². The Bertz CT molecular complexity index is 809. The second-order valence-electron chi connectivity index (χ2n) is 5.31. The van der Waals surface area contributed by atoms with Crippen LogP contribution in [0.3, 0.4) is 0 Å². The monoisotopic (exact) mass is 294 g/mol. The molecule has 0 spiro atoms. The highest BCUT2D eigenvalue weighted by Crippen LogP contribution is 2.30. The van der Waals surface area contributed by atoms with E-state index in [0.717, 1.165) is 21.9 Å². The van der Waals surface area contributed by atoms with Gasteiger partial charge in [-0.15, -0.1) is 0 Å². The number of hydrogen-bond donors (Lipinski definition) is 1. The fraction of sp³-hybridized carbons (Fsp3) is 0.105. The predicted octanol–water partition coefficient (Wildman–Crippen LogP) is 4.59. The molecule has 0 unspecified atom stereocenters. The van der Waals surface area contributed by atoms with E-state index in [1.165, 1.54) is 12.1 Å². The van der Waals surface area contributed by atoms with Crippen molar-refractivity contribution in [2.45, 2.75) is 12.3 Å². The number of aliphatic carboxylic acids is 1. The van der Waals surface area contributed by atoms with Gasteiger partial charge in [-0.25, -0.2) is 4.39 Å². The quantitative estimate of drug-likeness (QED) is 0.764.